The molecule has 0 fully saturated rings. The van der Waals surface area contributed by atoms with E-state index in [4.69, 9.17) is 9.47 Å². The molecule has 0 bridgehead atoms. The zero-order chi connectivity index (χ0) is 15.2. The van der Waals surface area contributed by atoms with E-state index in [-0.39, 0.29) is 0 Å². The quantitative estimate of drug-likeness (QED) is 0.852. The largest absolute Gasteiger partial charge is 0.493 e. The van der Waals surface area contributed by atoms with Crippen molar-refractivity contribution in [2.24, 2.45) is 0 Å². The van der Waals surface area contributed by atoms with Crippen LogP contribution >= 0.6 is 0 Å². The molecule has 114 valence electrons. The summed E-state index contributed by atoms with van der Waals surface area (Å²) in [6.45, 7) is 5.21. The maximum absolute atomic E-state index is 9.60. The summed E-state index contributed by atoms with van der Waals surface area (Å²) in [4.78, 5) is 4.15. The Morgan fingerprint density at radius 3 is 2.81 bits per heavy atom. The Morgan fingerprint density at radius 2 is 2.14 bits per heavy atom. The van der Waals surface area contributed by atoms with Gasteiger partial charge in [0.25, 0.3) is 0 Å². The lowest BCUT2D eigenvalue weighted by Crippen LogP contribution is -2.05. The highest BCUT2D eigenvalue weighted by molar-refractivity contribution is 5.43. The maximum Gasteiger partial charge on any atom is 0.161 e. The highest BCUT2D eigenvalue weighted by Crippen LogP contribution is 2.30. The summed E-state index contributed by atoms with van der Waals surface area (Å²) in [5.41, 5.74) is 1.83. The summed E-state index contributed by atoms with van der Waals surface area (Å²) < 4.78 is 13.2. The van der Waals surface area contributed by atoms with Crippen molar-refractivity contribution in [3.05, 3.63) is 42.0 Å². The van der Waals surface area contributed by atoms with Crippen LogP contribution < -0.4 is 9.47 Å². The maximum atomic E-state index is 9.60. The van der Waals surface area contributed by atoms with E-state index in [1.165, 1.54) is 0 Å². The third-order valence-electron chi connectivity index (χ3n) is 3.31. The molecule has 1 N–H and O–H groups in total. The zero-order valence-electron chi connectivity index (χ0n) is 12.7. The number of nitrogens with zero attached hydrogens (tertiary/aromatic N) is 2. The van der Waals surface area contributed by atoms with E-state index < -0.39 is 6.10 Å². The lowest BCUT2D eigenvalue weighted by atomic mass is 10.1. The van der Waals surface area contributed by atoms with Crippen LogP contribution in [0.3, 0.4) is 0 Å². The smallest absolute Gasteiger partial charge is 0.161 e. The molecule has 1 aromatic heterocycles. The van der Waals surface area contributed by atoms with Gasteiger partial charge < -0.3 is 19.1 Å². The second kappa shape index (κ2) is 7.13. The van der Waals surface area contributed by atoms with E-state index in [1.807, 2.05) is 24.7 Å². The van der Waals surface area contributed by atoms with Gasteiger partial charge in [0.1, 0.15) is 6.61 Å². The highest BCUT2D eigenvalue weighted by Gasteiger charge is 2.10. The first-order valence-electron chi connectivity index (χ1n) is 7.13. The van der Waals surface area contributed by atoms with Crippen molar-refractivity contribution in [3.63, 3.8) is 0 Å². The fraction of sp³-hybridized carbons (Fsp3) is 0.438. The summed E-state index contributed by atoms with van der Waals surface area (Å²) in [5.74, 6) is 1.28. The molecule has 5 heteroatoms. The topological polar surface area (TPSA) is 56.5 Å². The molecule has 0 unspecified atom stereocenters. The van der Waals surface area contributed by atoms with Crippen molar-refractivity contribution in [1.82, 2.24) is 9.55 Å². The monoisotopic (exact) mass is 290 g/mol. The minimum absolute atomic E-state index is 0.435. The van der Waals surface area contributed by atoms with Crippen molar-refractivity contribution < 1.29 is 14.6 Å². The molecule has 21 heavy (non-hydrogen) atoms. The van der Waals surface area contributed by atoms with Gasteiger partial charge in [-0.2, -0.15) is 0 Å². The number of benzene rings is 1. The number of aromatic nitrogens is 2. The first kappa shape index (κ1) is 15.4. The van der Waals surface area contributed by atoms with Gasteiger partial charge in [-0.3, -0.25) is 0 Å². The van der Waals surface area contributed by atoms with Crippen molar-refractivity contribution in [2.75, 3.05) is 7.11 Å². The second-order valence-electron chi connectivity index (χ2n) is 4.95. The zero-order valence-corrected chi connectivity index (χ0v) is 12.7. The predicted molar refractivity (Wildman–Crippen MR) is 80.5 cm³/mol. The molecule has 0 amide bonds. The van der Waals surface area contributed by atoms with E-state index in [2.05, 4.69) is 16.5 Å². The number of aliphatic hydroxyl groups excluding tert-OH is 1. The SMILES string of the molecule is CCCn1cncc1COc1ccc([C@@H](C)O)cc1OC. The van der Waals surface area contributed by atoms with Gasteiger partial charge in [0.2, 0.25) is 0 Å². The summed E-state index contributed by atoms with van der Waals surface area (Å²) in [5, 5.41) is 9.60. The molecule has 0 aliphatic rings. The molecule has 1 atom stereocenters. The summed E-state index contributed by atoms with van der Waals surface area (Å²) in [6.07, 6.45) is 4.15. The molecule has 2 aromatic rings. The first-order chi connectivity index (χ1) is 10.2. The van der Waals surface area contributed by atoms with Crippen molar-refractivity contribution in [1.29, 1.82) is 0 Å². The third kappa shape index (κ3) is 3.76. The van der Waals surface area contributed by atoms with E-state index in [1.54, 1.807) is 20.1 Å². The number of methoxy groups -OCH3 is 1. The van der Waals surface area contributed by atoms with E-state index in [9.17, 15) is 5.11 Å². The van der Waals surface area contributed by atoms with E-state index >= 15 is 0 Å². The third-order valence-corrected chi connectivity index (χ3v) is 3.31. The molecule has 5 nitrogen and oxygen atoms in total. The normalized spacial score (nSPS) is 12.2. The molecule has 1 heterocycles. The lowest BCUT2D eigenvalue weighted by Gasteiger charge is -2.14. The summed E-state index contributed by atoms with van der Waals surface area (Å²) >= 11 is 0. The van der Waals surface area contributed by atoms with Crippen molar-refractivity contribution in [2.45, 2.75) is 39.5 Å². The van der Waals surface area contributed by atoms with Gasteiger partial charge in [-0.05, 0) is 31.0 Å². The van der Waals surface area contributed by atoms with Crippen LogP contribution in [-0.2, 0) is 13.2 Å². The Balaban J connectivity index is 2.10. The number of imidazole rings is 1. The van der Waals surface area contributed by atoms with Crippen molar-refractivity contribution >= 4 is 0 Å². The van der Waals surface area contributed by atoms with E-state index in [0.717, 1.165) is 24.2 Å². The Kier molecular flexibility index (Phi) is 5.22. The van der Waals surface area contributed by atoms with Gasteiger partial charge in [-0.15, -0.1) is 0 Å². The van der Waals surface area contributed by atoms with Crippen LogP contribution in [0.2, 0.25) is 0 Å². The standard InChI is InChI=1S/C16H22N2O3/c1-4-7-18-11-17-9-14(18)10-21-15-6-5-13(12(2)19)8-16(15)20-3/h5-6,8-9,11-12,19H,4,7,10H2,1-3H3/t12-/m1/s1. The minimum Gasteiger partial charge on any atom is -0.493 e. The number of ether oxygens (including phenoxy) is 2. The second-order valence-corrected chi connectivity index (χ2v) is 4.95. The van der Waals surface area contributed by atoms with Gasteiger partial charge in [0.05, 0.1) is 31.4 Å². The molecular formula is C16H22N2O3. The minimum atomic E-state index is -0.529. The number of hydrogen-bond acceptors (Lipinski definition) is 4. The molecule has 0 aliphatic heterocycles. The predicted octanol–water partition coefficient (Wildman–Crippen LogP) is 2.93. The summed E-state index contributed by atoms with van der Waals surface area (Å²) in [6, 6.07) is 5.45. The molecular weight excluding hydrogens is 268 g/mol. The number of hydrogen-bond donors (Lipinski definition) is 1. The van der Waals surface area contributed by atoms with Gasteiger partial charge in [0.15, 0.2) is 11.5 Å². The van der Waals surface area contributed by atoms with E-state index in [0.29, 0.717) is 18.1 Å². The number of rotatable bonds is 7. The Bertz CT molecular complexity index is 579. The Labute approximate surface area is 125 Å². The van der Waals surface area contributed by atoms with Gasteiger partial charge in [-0.1, -0.05) is 13.0 Å². The van der Waals surface area contributed by atoms with Crippen LogP contribution in [-0.4, -0.2) is 21.8 Å². The van der Waals surface area contributed by atoms with Crippen LogP contribution in [0.4, 0.5) is 0 Å². The van der Waals surface area contributed by atoms with Gasteiger partial charge in [-0.25, -0.2) is 4.98 Å². The molecule has 1 aromatic carbocycles. The molecule has 0 radical (unpaired) electrons. The molecule has 0 saturated carbocycles. The Hall–Kier alpha value is -2.01. The number of aliphatic hydroxyl groups is 1. The van der Waals surface area contributed by atoms with Crippen LogP contribution in [0.25, 0.3) is 0 Å². The fourth-order valence-electron chi connectivity index (χ4n) is 2.13. The van der Waals surface area contributed by atoms with Gasteiger partial charge in [0, 0.05) is 6.54 Å². The number of aryl methyl sites for hydroxylation is 1. The van der Waals surface area contributed by atoms with Crippen molar-refractivity contribution in [3.8, 4) is 11.5 Å². The average Bonchev–Trinajstić information content (AvgIpc) is 2.92. The fourth-order valence-corrected chi connectivity index (χ4v) is 2.13. The molecule has 2 rings (SSSR count). The first-order valence-corrected chi connectivity index (χ1v) is 7.13. The lowest BCUT2D eigenvalue weighted by molar-refractivity contribution is 0.198. The molecule has 0 spiro atoms. The van der Waals surface area contributed by atoms with Crippen LogP contribution in [0, 0.1) is 0 Å². The Morgan fingerprint density at radius 1 is 1.33 bits per heavy atom. The van der Waals surface area contributed by atoms with Crippen LogP contribution in [0.15, 0.2) is 30.7 Å². The molecule has 0 saturated heterocycles. The highest BCUT2D eigenvalue weighted by atomic mass is 16.5. The average molecular weight is 290 g/mol. The van der Waals surface area contributed by atoms with Crippen LogP contribution in [0.5, 0.6) is 11.5 Å². The summed E-state index contributed by atoms with van der Waals surface area (Å²) in [7, 11) is 1.59. The molecule has 0 aliphatic carbocycles. The van der Waals surface area contributed by atoms with Gasteiger partial charge >= 0.3 is 0 Å². The van der Waals surface area contributed by atoms with Crippen LogP contribution in [0.1, 0.15) is 37.6 Å².